The van der Waals surface area contributed by atoms with Crippen LogP contribution in [0.4, 0.5) is 0 Å². The summed E-state index contributed by atoms with van der Waals surface area (Å²) in [7, 11) is 0. The van der Waals surface area contributed by atoms with Crippen LogP contribution in [-0.4, -0.2) is 11.3 Å². The van der Waals surface area contributed by atoms with Crippen LogP contribution in [0.3, 0.4) is 0 Å². The number of hydrogen-bond donors (Lipinski definition) is 1. The van der Waals surface area contributed by atoms with Crippen molar-refractivity contribution < 1.29 is 4.79 Å². The highest BCUT2D eigenvalue weighted by Crippen LogP contribution is 2.27. The Kier molecular flexibility index (Phi) is 2.99. The smallest absolute Gasteiger partial charge is 0.152 e. The van der Waals surface area contributed by atoms with E-state index in [-0.39, 0.29) is 0 Å². The number of carbonyl (C=O) groups excluding carboxylic acids is 1. The molecule has 2 aromatic carbocycles. The van der Waals surface area contributed by atoms with Crippen LogP contribution in [-0.2, 0) is 0 Å². The van der Waals surface area contributed by atoms with Gasteiger partial charge in [-0.1, -0.05) is 60.7 Å². The van der Waals surface area contributed by atoms with Crippen molar-refractivity contribution in [3.05, 3.63) is 72.3 Å². The number of benzene rings is 2. The Bertz CT molecular complexity index is 684. The Hall–Kier alpha value is -2.61. The van der Waals surface area contributed by atoms with Gasteiger partial charge in [-0.3, -0.25) is 4.79 Å². The average Bonchev–Trinajstić information content (AvgIpc) is 2.93. The molecule has 19 heavy (non-hydrogen) atoms. The molecular formula is C17H13NO. The SMILES string of the molecule is O=Cc1cc(-c2ccccc2)[nH]c1-c1ccccc1. The summed E-state index contributed by atoms with van der Waals surface area (Å²) in [6.45, 7) is 0. The monoisotopic (exact) mass is 247 g/mol. The Morgan fingerprint density at radius 2 is 1.37 bits per heavy atom. The zero-order chi connectivity index (χ0) is 13.1. The van der Waals surface area contributed by atoms with Crippen molar-refractivity contribution in [2.75, 3.05) is 0 Å². The van der Waals surface area contributed by atoms with Crippen molar-refractivity contribution in [3.8, 4) is 22.5 Å². The maximum absolute atomic E-state index is 11.2. The Balaban J connectivity index is 2.12. The van der Waals surface area contributed by atoms with E-state index in [0.717, 1.165) is 28.8 Å². The first-order chi connectivity index (χ1) is 9.38. The van der Waals surface area contributed by atoms with Crippen LogP contribution >= 0.6 is 0 Å². The van der Waals surface area contributed by atoms with Crippen LogP contribution in [0.5, 0.6) is 0 Å². The molecule has 3 aromatic rings. The van der Waals surface area contributed by atoms with Gasteiger partial charge >= 0.3 is 0 Å². The van der Waals surface area contributed by atoms with E-state index in [1.54, 1.807) is 0 Å². The molecule has 1 heterocycles. The minimum atomic E-state index is 0.685. The molecule has 0 saturated carbocycles. The number of aromatic nitrogens is 1. The summed E-state index contributed by atoms with van der Waals surface area (Å²) in [5.74, 6) is 0. The molecule has 0 aliphatic rings. The second-order valence-corrected chi connectivity index (χ2v) is 4.36. The molecule has 0 aliphatic carbocycles. The molecule has 1 aromatic heterocycles. The number of H-pyrrole nitrogens is 1. The second kappa shape index (κ2) is 4.94. The van der Waals surface area contributed by atoms with E-state index in [4.69, 9.17) is 0 Å². The van der Waals surface area contributed by atoms with E-state index in [1.807, 2.05) is 66.7 Å². The number of aldehydes is 1. The topological polar surface area (TPSA) is 32.9 Å². The van der Waals surface area contributed by atoms with Crippen LogP contribution in [0.1, 0.15) is 10.4 Å². The number of hydrogen-bond acceptors (Lipinski definition) is 1. The van der Waals surface area contributed by atoms with Gasteiger partial charge in [0, 0.05) is 11.3 Å². The second-order valence-electron chi connectivity index (χ2n) is 4.36. The van der Waals surface area contributed by atoms with E-state index in [0.29, 0.717) is 5.56 Å². The molecule has 3 rings (SSSR count). The molecule has 0 saturated heterocycles. The molecule has 2 heteroatoms. The molecule has 0 aliphatic heterocycles. The van der Waals surface area contributed by atoms with Crippen molar-refractivity contribution in [1.29, 1.82) is 0 Å². The molecule has 0 bridgehead atoms. The normalized spacial score (nSPS) is 10.3. The highest BCUT2D eigenvalue weighted by atomic mass is 16.1. The summed E-state index contributed by atoms with van der Waals surface area (Å²) in [6, 6.07) is 21.8. The van der Waals surface area contributed by atoms with Crippen LogP contribution in [0.25, 0.3) is 22.5 Å². The maximum Gasteiger partial charge on any atom is 0.152 e. The van der Waals surface area contributed by atoms with Crippen molar-refractivity contribution in [2.24, 2.45) is 0 Å². The highest BCUT2D eigenvalue weighted by molar-refractivity contribution is 5.89. The van der Waals surface area contributed by atoms with Gasteiger partial charge in [-0.25, -0.2) is 0 Å². The third-order valence-electron chi connectivity index (χ3n) is 3.12. The fourth-order valence-electron chi connectivity index (χ4n) is 2.18. The lowest BCUT2D eigenvalue weighted by Crippen LogP contribution is -1.83. The Morgan fingerprint density at radius 3 is 1.95 bits per heavy atom. The van der Waals surface area contributed by atoms with Crippen molar-refractivity contribution in [2.45, 2.75) is 0 Å². The maximum atomic E-state index is 11.2. The predicted molar refractivity (Wildman–Crippen MR) is 77.1 cm³/mol. The third-order valence-corrected chi connectivity index (χ3v) is 3.12. The van der Waals surface area contributed by atoms with E-state index in [9.17, 15) is 4.79 Å². The Morgan fingerprint density at radius 1 is 0.789 bits per heavy atom. The van der Waals surface area contributed by atoms with Gasteiger partial charge in [0.15, 0.2) is 6.29 Å². The fourth-order valence-corrected chi connectivity index (χ4v) is 2.18. The van der Waals surface area contributed by atoms with Gasteiger partial charge in [-0.2, -0.15) is 0 Å². The molecule has 0 spiro atoms. The van der Waals surface area contributed by atoms with Gasteiger partial charge in [0.05, 0.1) is 5.69 Å². The zero-order valence-electron chi connectivity index (χ0n) is 10.3. The fraction of sp³-hybridized carbons (Fsp3) is 0. The minimum absolute atomic E-state index is 0.685. The van der Waals surface area contributed by atoms with Gasteiger partial charge in [0.1, 0.15) is 0 Å². The summed E-state index contributed by atoms with van der Waals surface area (Å²) >= 11 is 0. The first-order valence-electron chi connectivity index (χ1n) is 6.17. The first kappa shape index (κ1) is 11.5. The summed E-state index contributed by atoms with van der Waals surface area (Å²) in [4.78, 5) is 14.6. The average molecular weight is 247 g/mol. The predicted octanol–water partition coefficient (Wildman–Crippen LogP) is 4.16. The van der Waals surface area contributed by atoms with Crippen molar-refractivity contribution >= 4 is 6.29 Å². The summed E-state index contributed by atoms with van der Waals surface area (Å²) in [6.07, 6.45) is 0.894. The summed E-state index contributed by atoms with van der Waals surface area (Å²) < 4.78 is 0. The molecule has 0 amide bonds. The highest BCUT2D eigenvalue weighted by Gasteiger charge is 2.10. The molecule has 0 fully saturated rings. The lowest BCUT2D eigenvalue weighted by molar-refractivity contribution is 0.112. The van der Waals surface area contributed by atoms with E-state index in [2.05, 4.69) is 4.98 Å². The van der Waals surface area contributed by atoms with Gasteiger partial charge in [-0.15, -0.1) is 0 Å². The van der Waals surface area contributed by atoms with Crippen LogP contribution < -0.4 is 0 Å². The third kappa shape index (κ3) is 2.20. The van der Waals surface area contributed by atoms with Crippen molar-refractivity contribution in [3.63, 3.8) is 0 Å². The van der Waals surface area contributed by atoms with Crippen LogP contribution in [0, 0.1) is 0 Å². The lowest BCUT2D eigenvalue weighted by Gasteiger charge is -1.99. The molecule has 2 nitrogen and oxygen atoms in total. The van der Waals surface area contributed by atoms with Crippen LogP contribution in [0.2, 0.25) is 0 Å². The quantitative estimate of drug-likeness (QED) is 0.692. The summed E-state index contributed by atoms with van der Waals surface area (Å²) in [5, 5.41) is 0. The molecule has 0 radical (unpaired) electrons. The van der Waals surface area contributed by atoms with Gasteiger partial charge in [0.2, 0.25) is 0 Å². The Labute approximate surface area is 111 Å². The lowest BCUT2D eigenvalue weighted by atomic mass is 10.1. The first-order valence-corrected chi connectivity index (χ1v) is 6.17. The van der Waals surface area contributed by atoms with Gasteiger partial charge < -0.3 is 4.98 Å². The van der Waals surface area contributed by atoms with Gasteiger partial charge in [-0.05, 0) is 17.2 Å². The molecular weight excluding hydrogens is 234 g/mol. The molecule has 0 unspecified atom stereocenters. The number of aromatic amines is 1. The largest absolute Gasteiger partial charge is 0.354 e. The van der Waals surface area contributed by atoms with Crippen LogP contribution in [0.15, 0.2) is 66.7 Å². The number of carbonyl (C=O) groups is 1. The van der Waals surface area contributed by atoms with Gasteiger partial charge in [0.25, 0.3) is 0 Å². The zero-order valence-corrected chi connectivity index (χ0v) is 10.3. The van der Waals surface area contributed by atoms with E-state index in [1.165, 1.54) is 0 Å². The molecule has 1 N–H and O–H groups in total. The van der Waals surface area contributed by atoms with E-state index < -0.39 is 0 Å². The molecule has 92 valence electrons. The minimum Gasteiger partial charge on any atom is -0.354 e. The standard InChI is InChI=1S/C17H13NO/c19-12-15-11-16(13-7-3-1-4-8-13)18-17(15)14-9-5-2-6-10-14/h1-12,18H. The number of rotatable bonds is 3. The van der Waals surface area contributed by atoms with Crippen molar-refractivity contribution in [1.82, 2.24) is 4.98 Å². The van der Waals surface area contributed by atoms with E-state index >= 15 is 0 Å². The summed E-state index contributed by atoms with van der Waals surface area (Å²) in [5.41, 5.74) is 4.61. The number of nitrogens with one attached hydrogen (secondary N) is 1. The molecule has 0 atom stereocenters.